The molecule has 0 N–H and O–H groups in total. The summed E-state index contributed by atoms with van der Waals surface area (Å²) in [6.07, 6.45) is 29.1. The third-order valence-electron chi connectivity index (χ3n) is 8.12. The van der Waals surface area contributed by atoms with Gasteiger partial charge in [-0.15, -0.1) is 0 Å². The Morgan fingerprint density at radius 3 is 1.70 bits per heavy atom. The summed E-state index contributed by atoms with van der Waals surface area (Å²) in [6.45, 7) is 4.55. The molecule has 0 aromatic carbocycles. The van der Waals surface area contributed by atoms with Gasteiger partial charge < -0.3 is 28.6 Å². The van der Waals surface area contributed by atoms with Crippen LogP contribution >= 0.6 is 0 Å². The Kier molecular flexibility index (Phi) is 28.7. The lowest BCUT2D eigenvalue weighted by molar-refractivity contribution is -0.889. The molecule has 0 aliphatic rings. The van der Waals surface area contributed by atoms with Crippen molar-refractivity contribution < 1.29 is 38.2 Å². The number of hydrogen-bond donors (Lipinski definition) is 0. The number of carbonyl (C=O) groups is 3. The normalized spacial score (nSPS) is 13.3. The summed E-state index contributed by atoms with van der Waals surface area (Å²) in [5, 5.41) is 11.5. The van der Waals surface area contributed by atoms with Crippen LogP contribution in [0.2, 0.25) is 0 Å². The average Bonchev–Trinajstić information content (AvgIpc) is 3.00. The van der Waals surface area contributed by atoms with Crippen molar-refractivity contribution in [1.29, 1.82) is 0 Å². The van der Waals surface area contributed by atoms with Crippen molar-refractivity contribution in [3.63, 3.8) is 0 Å². The largest absolute Gasteiger partial charge is 0.544 e. The minimum Gasteiger partial charge on any atom is -0.544 e. The predicted molar refractivity (Wildman–Crippen MR) is 185 cm³/mol. The van der Waals surface area contributed by atoms with E-state index in [1.54, 1.807) is 21.1 Å². The van der Waals surface area contributed by atoms with E-state index in [9.17, 15) is 19.5 Å². The van der Waals surface area contributed by atoms with Crippen molar-refractivity contribution in [3.8, 4) is 0 Å². The lowest BCUT2D eigenvalue weighted by Gasteiger charge is -2.34. The molecule has 0 heterocycles. The Bertz CT molecular complexity index is 818. The van der Waals surface area contributed by atoms with Crippen LogP contribution in [-0.2, 0) is 28.6 Å². The molecule has 8 heteroatoms. The van der Waals surface area contributed by atoms with Crippen LogP contribution in [0.25, 0.3) is 0 Å². The molecule has 8 nitrogen and oxygen atoms in total. The number of aliphatic carboxylic acids is 1. The third-order valence-corrected chi connectivity index (χ3v) is 8.12. The molecule has 0 saturated heterocycles. The number of hydrogen-bond acceptors (Lipinski definition) is 7. The highest BCUT2D eigenvalue weighted by atomic mass is 16.6. The topological polar surface area (TPSA) is 102 Å². The van der Waals surface area contributed by atoms with Crippen molar-refractivity contribution in [2.45, 2.75) is 161 Å². The van der Waals surface area contributed by atoms with Gasteiger partial charge in [-0.05, 0) is 32.1 Å². The number of quaternary nitrogens is 1. The van der Waals surface area contributed by atoms with Crippen LogP contribution in [0.3, 0.4) is 0 Å². The number of carboxylic acid groups (broad SMARTS) is 1. The Morgan fingerprint density at radius 1 is 0.652 bits per heavy atom. The van der Waals surface area contributed by atoms with Crippen LogP contribution in [0.1, 0.15) is 149 Å². The van der Waals surface area contributed by atoms with Crippen LogP contribution < -0.4 is 5.11 Å². The summed E-state index contributed by atoms with van der Waals surface area (Å²) in [4.78, 5) is 36.5. The second-order valence-corrected chi connectivity index (χ2v) is 13.5. The van der Waals surface area contributed by atoms with Gasteiger partial charge in [-0.1, -0.05) is 122 Å². The SMILES string of the molecule is CCCC/C=C/C=C/CCCCCC(=O)OCC(COCCC(C(=O)[O-])[N+](C)(C)C)OC(=O)CCCCCCCCCCCCC. The third kappa shape index (κ3) is 28.1. The number of nitrogens with zero attached hydrogens (tertiary/aromatic N) is 1. The summed E-state index contributed by atoms with van der Waals surface area (Å²) in [7, 11) is 5.38. The molecule has 0 radical (unpaired) electrons. The van der Waals surface area contributed by atoms with E-state index in [0.29, 0.717) is 12.8 Å². The molecule has 0 aromatic rings. The van der Waals surface area contributed by atoms with Gasteiger partial charge >= 0.3 is 11.9 Å². The molecule has 0 aliphatic carbocycles. The smallest absolute Gasteiger partial charge is 0.306 e. The molecule has 268 valence electrons. The fourth-order valence-corrected chi connectivity index (χ4v) is 5.16. The van der Waals surface area contributed by atoms with Crippen molar-refractivity contribution in [2.75, 3.05) is 41.0 Å². The van der Waals surface area contributed by atoms with Crippen LogP contribution in [0.4, 0.5) is 0 Å². The number of likely N-dealkylation sites (N-methyl/N-ethyl adjacent to an activating group) is 1. The van der Waals surface area contributed by atoms with Gasteiger partial charge in [0.15, 0.2) is 6.10 Å². The zero-order valence-corrected chi connectivity index (χ0v) is 30.2. The zero-order chi connectivity index (χ0) is 34.3. The second-order valence-electron chi connectivity index (χ2n) is 13.5. The van der Waals surface area contributed by atoms with Crippen molar-refractivity contribution in [2.24, 2.45) is 0 Å². The van der Waals surface area contributed by atoms with Crippen LogP contribution in [0.15, 0.2) is 24.3 Å². The minimum atomic E-state index is -1.13. The molecule has 0 amide bonds. The summed E-state index contributed by atoms with van der Waals surface area (Å²) in [6, 6.07) is -0.724. The van der Waals surface area contributed by atoms with Crippen LogP contribution in [0.5, 0.6) is 0 Å². The number of unbranched alkanes of at least 4 members (excludes halogenated alkanes) is 15. The van der Waals surface area contributed by atoms with Gasteiger partial charge in [0.25, 0.3) is 0 Å². The molecule has 0 rings (SSSR count). The van der Waals surface area contributed by atoms with Gasteiger partial charge in [-0.3, -0.25) is 9.59 Å². The molecule has 0 spiro atoms. The van der Waals surface area contributed by atoms with Gasteiger partial charge in [0.2, 0.25) is 0 Å². The fourth-order valence-electron chi connectivity index (χ4n) is 5.16. The maximum Gasteiger partial charge on any atom is 0.306 e. The number of carboxylic acids is 1. The highest BCUT2D eigenvalue weighted by Crippen LogP contribution is 2.13. The lowest BCUT2D eigenvalue weighted by atomic mass is 10.1. The van der Waals surface area contributed by atoms with Gasteiger partial charge in [0.05, 0.1) is 40.3 Å². The van der Waals surface area contributed by atoms with Crippen LogP contribution in [-0.4, -0.2) is 75.5 Å². The summed E-state index contributed by atoms with van der Waals surface area (Å²) < 4.78 is 17.0. The quantitative estimate of drug-likeness (QED) is 0.0319. The van der Waals surface area contributed by atoms with Gasteiger partial charge in [-0.2, -0.15) is 0 Å². The highest BCUT2D eigenvalue weighted by Gasteiger charge is 2.25. The summed E-state index contributed by atoms with van der Waals surface area (Å²) >= 11 is 0. The van der Waals surface area contributed by atoms with E-state index in [1.165, 1.54) is 64.2 Å². The fraction of sp³-hybridized carbons (Fsp3) is 0.816. The summed E-state index contributed by atoms with van der Waals surface area (Å²) in [5.41, 5.74) is 0. The van der Waals surface area contributed by atoms with E-state index in [0.717, 1.165) is 51.4 Å². The number of allylic oxidation sites excluding steroid dienone is 4. The molecule has 46 heavy (non-hydrogen) atoms. The van der Waals surface area contributed by atoms with Gasteiger partial charge in [0, 0.05) is 19.3 Å². The Labute approximate surface area is 281 Å². The van der Waals surface area contributed by atoms with E-state index in [2.05, 4.69) is 38.2 Å². The number of esters is 2. The molecular formula is C38H69NO7. The first-order chi connectivity index (χ1) is 22.1. The Hall–Kier alpha value is -2.19. The molecule has 0 fully saturated rings. The minimum absolute atomic E-state index is 0.0351. The first-order valence-electron chi connectivity index (χ1n) is 18.4. The van der Waals surface area contributed by atoms with Crippen molar-refractivity contribution in [1.82, 2.24) is 0 Å². The number of carbonyl (C=O) groups excluding carboxylic acids is 3. The van der Waals surface area contributed by atoms with E-state index in [-0.39, 0.29) is 42.7 Å². The lowest BCUT2D eigenvalue weighted by Crippen LogP contribution is -2.55. The second kappa shape index (κ2) is 30.2. The highest BCUT2D eigenvalue weighted by molar-refractivity contribution is 5.70. The maximum absolute atomic E-state index is 12.6. The van der Waals surface area contributed by atoms with E-state index < -0.39 is 18.1 Å². The van der Waals surface area contributed by atoms with Crippen molar-refractivity contribution in [3.05, 3.63) is 24.3 Å². The predicted octanol–water partition coefficient (Wildman–Crippen LogP) is 7.63. The first-order valence-corrected chi connectivity index (χ1v) is 18.4. The molecular weight excluding hydrogens is 582 g/mol. The zero-order valence-electron chi connectivity index (χ0n) is 30.2. The van der Waals surface area contributed by atoms with E-state index in [1.807, 2.05) is 0 Å². The average molecular weight is 652 g/mol. The molecule has 0 aromatic heterocycles. The Morgan fingerprint density at radius 2 is 1.15 bits per heavy atom. The molecule has 0 bridgehead atoms. The van der Waals surface area contributed by atoms with Crippen molar-refractivity contribution >= 4 is 17.9 Å². The van der Waals surface area contributed by atoms with Gasteiger partial charge in [-0.25, -0.2) is 0 Å². The first kappa shape index (κ1) is 43.8. The molecule has 0 aliphatic heterocycles. The number of ether oxygens (including phenoxy) is 3. The maximum atomic E-state index is 12.6. The summed E-state index contributed by atoms with van der Waals surface area (Å²) in [5.74, 6) is -1.77. The molecule has 0 saturated carbocycles. The Balaban J connectivity index is 4.49. The number of rotatable bonds is 32. The van der Waals surface area contributed by atoms with E-state index in [4.69, 9.17) is 14.2 Å². The standard InChI is InChI=1S/C38H69NO7/c1-6-8-10-12-14-16-18-20-22-24-26-28-36(40)45-33-34(32-44-31-30-35(38(42)43)39(3,4)5)46-37(41)29-27-25-23-21-19-17-15-13-11-9-7-2/h12,14,16,18,34-35H,6-11,13,15,17,19-33H2,1-5H3/b14-12+,18-16+. The van der Waals surface area contributed by atoms with Crippen LogP contribution in [0, 0.1) is 0 Å². The molecule has 2 atom stereocenters. The van der Waals surface area contributed by atoms with Gasteiger partial charge in [0.1, 0.15) is 12.6 Å². The monoisotopic (exact) mass is 652 g/mol. The molecule has 2 unspecified atom stereocenters. The van der Waals surface area contributed by atoms with E-state index >= 15 is 0 Å².